The maximum absolute atomic E-state index is 13.6. The SMILES string of the molecule is O=P(Oc1ccccc1)(Oc1ccccc1)Oc1ccccc1Nc1ccccc1. The van der Waals surface area contributed by atoms with E-state index in [0.29, 0.717) is 22.9 Å². The van der Waals surface area contributed by atoms with Gasteiger partial charge in [0.1, 0.15) is 11.5 Å². The number of benzene rings is 4. The summed E-state index contributed by atoms with van der Waals surface area (Å²) in [7, 11) is -4.06. The first kappa shape index (κ1) is 19.6. The Kier molecular flexibility index (Phi) is 6.02. The van der Waals surface area contributed by atoms with E-state index < -0.39 is 7.82 Å². The average molecular weight is 417 g/mol. The van der Waals surface area contributed by atoms with Crippen LogP contribution in [-0.2, 0) is 4.57 Å². The van der Waals surface area contributed by atoms with Gasteiger partial charge in [0.05, 0.1) is 5.69 Å². The van der Waals surface area contributed by atoms with Crippen LogP contribution >= 0.6 is 7.82 Å². The van der Waals surface area contributed by atoms with Crippen molar-refractivity contribution < 1.29 is 18.1 Å². The second-order valence-electron chi connectivity index (χ2n) is 6.33. The van der Waals surface area contributed by atoms with E-state index in [0.717, 1.165) is 5.69 Å². The van der Waals surface area contributed by atoms with Crippen LogP contribution in [0.15, 0.2) is 115 Å². The molecule has 4 aromatic rings. The summed E-state index contributed by atoms with van der Waals surface area (Å²) < 4.78 is 30.9. The first-order chi connectivity index (χ1) is 14.7. The molecule has 0 atom stereocenters. The van der Waals surface area contributed by atoms with Crippen molar-refractivity contribution in [2.75, 3.05) is 5.32 Å². The molecule has 4 rings (SSSR count). The van der Waals surface area contributed by atoms with Crippen LogP contribution < -0.4 is 18.9 Å². The zero-order valence-electron chi connectivity index (χ0n) is 16.0. The minimum atomic E-state index is -4.06. The monoisotopic (exact) mass is 417 g/mol. The van der Waals surface area contributed by atoms with Gasteiger partial charge in [-0.3, -0.25) is 0 Å². The van der Waals surface area contributed by atoms with Crippen molar-refractivity contribution in [3.63, 3.8) is 0 Å². The molecule has 0 saturated heterocycles. The Morgan fingerprint density at radius 2 is 1.00 bits per heavy atom. The van der Waals surface area contributed by atoms with Gasteiger partial charge in [-0.05, 0) is 48.5 Å². The molecule has 1 N–H and O–H groups in total. The molecule has 5 nitrogen and oxygen atoms in total. The highest BCUT2D eigenvalue weighted by Crippen LogP contribution is 2.51. The first-order valence-electron chi connectivity index (χ1n) is 9.40. The molecule has 0 aliphatic heterocycles. The lowest BCUT2D eigenvalue weighted by Gasteiger charge is -2.21. The number of rotatable bonds is 8. The van der Waals surface area contributed by atoms with Crippen molar-refractivity contribution >= 4 is 19.2 Å². The summed E-state index contributed by atoms with van der Waals surface area (Å²) in [5, 5.41) is 3.27. The maximum atomic E-state index is 13.6. The molecule has 0 amide bonds. The fraction of sp³-hybridized carbons (Fsp3) is 0. The molecular formula is C24H20NO4P. The predicted molar refractivity (Wildman–Crippen MR) is 119 cm³/mol. The number of hydrogen-bond acceptors (Lipinski definition) is 5. The first-order valence-corrected chi connectivity index (χ1v) is 10.9. The molecule has 0 spiro atoms. The third kappa shape index (κ3) is 5.22. The number of anilines is 2. The Morgan fingerprint density at radius 3 is 1.57 bits per heavy atom. The average Bonchev–Trinajstić information content (AvgIpc) is 2.77. The second kappa shape index (κ2) is 9.21. The summed E-state index contributed by atoms with van der Waals surface area (Å²) in [5.74, 6) is 1.10. The Labute approximate surface area is 175 Å². The van der Waals surface area contributed by atoms with E-state index in [1.54, 1.807) is 60.7 Å². The topological polar surface area (TPSA) is 56.8 Å². The molecule has 0 fully saturated rings. The van der Waals surface area contributed by atoms with Crippen molar-refractivity contribution in [3.8, 4) is 17.2 Å². The van der Waals surface area contributed by atoms with Gasteiger partial charge in [0.25, 0.3) is 0 Å². The summed E-state index contributed by atoms with van der Waals surface area (Å²) in [6.45, 7) is 0. The van der Waals surface area contributed by atoms with Gasteiger partial charge in [-0.15, -0.1) is 0 Å². The summed E-state index contributed by atoms with van der Waals surface area (Å²) >= 11 is 0. The summed E-state index contributed by atoms with van der Waals surface area (Å²) in [6, 6.07) is 34.4. The standard InChI is InChI=1S/C24H20NO4P/c26-30(27-21-14-6-2-7-15-21,28-22-16-8-3-9-17-22)29-24-19-11-10-18-23(24)25-20-12-4-1-5-13-20/h1-19,25H. The Hall–Kier alpha value is -3.69. The molecule has 30 heavy (non-hydrogen) atoms. The van der Waals surface area contributed by atoms with Crippen molar-refractivity contribution in [2.45, 2.75) is 0 Å². The lowest BCUT2D eigenvalue weighted by Crippen LogP contribution is -2.08. The van der Waals surface area contributed by atoms with Gasteiger partial charge in [-0.2, -0.15) is 4.57 Å². The van der Waals surface area contributed by atoms with Crippen molar-refractivity contribution in [3.05, 3.63) is 115 Å². The Bertz CT molecular complexity index is 1080. The van der Waals surface area contributed by atoms with Crippen molar-refractivity contribution in [1.82, 2.24) is 0 Å². The van der Waals surface area contributed by atoms with Crippen molar-refractivity contribution in [1.29, 1.82) is 0 Å². The maximum Gasteiger partial charge on any atom is 0.647 e. The molecule has 0 radical (unpaired) electrons. The van der Waals surface area contributed by atoms with Gasteiger partial charge in [0, 0.05) is 5.69 Å². The number of phosphoric ester groups is 1. The fourth-order valence-electron chi connectivity index (χ4n) is 2.72. The molecule has 0 aliphatic rings. The third-order valence-electron chi connectivity index (χ3n) is 4.07. The molecular weight excluding hydrogens is 397 g/mol. The van der Waals surface area contributed by atoms with Crippen LogP contribution in [0.25, 0.3) is 0 Å². The molecule has 0 aliphatic carbocycles. The van der Waals surface area contributed by atoms with Crippen LogP contribution in [0.5, 0.6) is 17.2 Å². The highest BCUT2D eigenvalue weighted by Gasteiger charge is 2.34. The summed E-state index contributed by atoms with van der Waals surface area (Å²) in [6.07, 6.45) is 0. The normalized spacial score (nSPS) is 10.8. The van der Waals surface area contributed by atoms with Gasteiger partial charge < -0.3 is 18.9 Å². The Balaban J connectivity index is 1.64. The summed E-state index contributed by atoms with van der Waals surface area (Å²) in [4.78, 5) is 0. The lowest BCUT2D eigenvalue weighted by atomic mass is 10.2. The van der Waals surface area contributed by atoms with Crippen LogP contribution in [0, 0.1) is 0 Å². The Morgan fingerprint density at radius 1 is 0.533 bits per heavy atom. The number of nitrogens with one attached hydrogen (secondary N) is 1. The predicted octanol–water partition coefficient (Wildman–Crippen LogP) is 7.08. The fourth-order valence-corrected chi connectivity index (χ4v) is 4.00. The molecule has 4 aromatic carbocycles. The number of hydrogen-bond donors (Lipinski definition) is 1. The van der Waals surface area contributed by atoms with Crippen molar-refractivity contribution in [2.24, 2.45) is 0 Å². The lowest BCUT2D eigenvalue weighted by molar-refractivity contribution is 0.299. The van der Waals surface area contributed by atoms with E-state index in [1.165, 1.54) is 0 Å². The molecule has 0 unspecified atom stereocenters. The van der Waals surface area contributed by atoms with Gasteiger partial charge >= 0.3 is 7.82 Å². The summed E-state index contributed by atoms with van der Waals surface area (Å²) in [5.41, 5.74) is 1.51. The van der Waals surface area contributed by atoms with Crippen LogP contribution in [0.4, 0.5) is 11.4 Å². The smallest absolute Gasteiger partial charge is 0.386 e. The van der Waals surface area contributed by atoms with Gasteiger partial charge in [0.2, 0.25) is 0 Å². The third-order valence-corrected chi connectivity index (χ3v) is 5.36. The number of para-hydroxylation sites is 5. The van der Waals surface area contributed by atoms with Gasteiger partial charge in [-0.25, -0.2) is 0 Å². The highest BCUT2D eigenvalue weighted by molar-refractivity contribution is 7.49. The molecule has 0 bridgehead atoms. The quantitative estimate of drug-likeness (QED) is 0.311. The zero-order valence-corrected chi connectivity index (χ0v) is 16.9. The molecule has 150 valence electrons. The van der Waals surface area contributed by atoms with Gasteiger partial charge in [-0.1, -0.05) is 66.7 Å². The molecule has 0 aromatic heterocycles. The van der Waals surface area contributed by atoms with E-state index in [4.69, 9.17) is 13.6 Å². The van der Waals surface area contributed by atoms with Crippen LogP contribution in [-0.4, -0.2) is 0 Å². The van der Waals surface area contributed by atoms with Crippen LogP contribution in [0.2, 0.25) is 0 Å². The van der Waals surface area contributed by atoms with Gasteiger partial charge in [0.15, 0.2) is 5.75 Å². The highest BCUT2D eigenvalue weighted by atomic mass is 31.2. The van der Waals surface area contributed by atoms with Crippen LogP contribution in [0.3, 0.4) is 0 Å². The van der Waals surface area contributed by atoms with E-state index in [9.17, 15) is 4.57 Å². The number of phosphoric acid groups is 1. The minimum absolute atomic E-state index is 0.344. The van der Waals surface area contributed by atoms with Crippen LogP contribution in [0.1, 0.15) is 0 Å². The molecule has 6 heteroatoms. The minimum Gasteiger partial charge on any atom is -0.386 e. The molecule has 0 saturated carbocycles. The zero-order chi connectivity index (χ0) is 20.7. The largest absolute Gasteiger partial charge is 0.647 e. The molecule has 0 heterocycles. The van der Waals surface area contributed by atoms with E-state index in [-0.39, 0.29) is 0 Å². The van der Waals surface area contributed by atoms with E-state index in [1.807, 2.05) is 54.6 Å². The van der Waals surface area contributed by atoms with E-state index in [2.05, 4.69) is 5.32 Å². The van der Waals surface area contributed by atoms with E-state index >= 15 is 0 Å². The second-order valence-corrected chi connectivity index (χ2v) is 7.78.